The van der Waals surface area contributed by atoms with Crippen molar-refractivity contribution in [2.24, 2.45) is 7.05 Å². The van der Waals surface area contributed by atoms with Gasteiger partial charge in [0.25, 0.3) is 0 Å². The van der Waals surface area contributed by atoms with Gasteiger partial charge in [-0.15, -0.1) is 0 Å². The van der Waals surface area contributed by atoms with Gasteiger partial charge in [0.05, 0.1) is 24.0 Å². The van der Waals surface area contributed by atoms with Crippen LogP contribution in [0.5, 0.6) is 0 Å². The third-order valence-electron chi connectivity index (χ3n) is 4.23. The second-order valence-electron chi connectivity index (χ2n) is 6.12. The second-order valence-corrected chi connectivity index (χ2v) is 6.12. The number of amides is 1. The van der Waals surface area contributed by atoms with E-state index in [2.05, 4.69) is 15.5 Å². The van der Waals surface area contributed by atoms with Gasteiger partial charge in [-0.1, -0.05) is 18.2 Å². The summed E-state index contributed by atoms with van der Waals surface area (Å²) >= 11 is 0. The van der Waals surface area contributed by atoms with Crippen LogP contribution in [0.15, 0.2) is 47.4 Å². The zero-order valence-corrected chi connectivity index (χ0v) is 15.5. The van der Waals surface area contributed by atoms with Gasteiger partial charge in [-0.05, 0) is 25.1 Å². The Hall–Kier alpha value is -3.20. The van der Waals surface area contributed by atoms with E-state index in [9.17, 15) is 9.59 Å². The van der Waals surface area contributed by atoms with Crippen molar-refractivity contribution in [2.45, 2.75) is 19.5 Å². The number of carbonyl (C=O) groups is 1. The molecule has 142 valence electrons. The average molecular weight is 370 g/mol. The van der Waals surface area contributed by atoms with Crippen molar-refractivity contribution in [3.05, 3.63) is 64.6 Å². The minimum absolute atomic E-state index is 0.129. The van der Waals surface area contributed by atoms with Gasteiger partial charge in [0.1, 0.15) is 12.4 Å². The van der Waals surface area contributed by atoms with Gasteiger partial charge in [0.15, 0.2) is 0 Å². The van der Waals surface area contributed by atoms with Crippen molar-refractivity contribution in [2.75, 3.05) is 13.7 Å². The van der Waals surface area contributed by atoms with E-state index in [4.69, 9.17) is 4.74 Å². The smallest absolute Gasteiger partial charge is 0.351 e. The van der Waals surface area contributed by atoms with Gasteiger partial charge >= 0.3 is 5.69 Å². The fraction of sp³-hybridized carbons (Fsp3) is 0.333. The highest BCUT2D eigenvalue weighted by atomic mass is 16.5. The summed E-state index contributed by atoms with van der Waals surface area (Å²) in [5.74, 6) is 0.152. The lowest BCUT2D eigenvalue weighted by Gasteiger charge is -2.18. The number of rotatable bonds is 7. The second kappa shape index (κ2) is 8.00. The van der Waals surface area contributed by atoms with Crippen LogP contribution >= 0.6 is 0 Å². The van der Waals surface area contributed by atoms with Crippen molar-refractivity contribution < 1.29 is 9.53 Å². The summed E-state index contributed by atoms with van der Waals surface area (Å²) < 4.78 is 9.51. The van der Waals surface area contributed by atoms with E-state index in [1.807, 2.05) is 24.3 Å². The molecule has 0 fully saturated rings. The summed E-state index contributed by atoms with van der Waals surface area (Å²) in [6, 6.07) is 10.5. The molecular formula is C18H22N6O3. The Morgan fingerprint density at radius 1 is 1.26 bits per heavy atom. The fourth-order valence-electron chi connectivity index (χ4n) is 2.89. The molecule has 0 aliphatic carbocycles. The largest absolute Gasteiger partial charge is 0.382 e. The van der Waals surface area contributed by atoms with Crippen LogP contribution in [0.3, 0.4) is 0 Å². The number of methoxy groups -OCH3 is 1. The van der Waals surface area contributed by atoms with Crippen molar-refractivity contribution >= 4 is 5.91 Å². The van der Waals surface area contributed by atoms with E-state index < -0.39 is 0 Å². The van der Waals surface area contributed by atoms with E-state index in [-0.39, 0.29) is 24.2 Å². The molecule has 9 nitrogen and oxygen atoms in total. The molecule has 0 saturated carbocycles. The standard InChI is InChI=1S/C18H22N6O3/c1-13-21-24(14-7-5-4-6-8-14)18(26)23(13)11-17(25)20-15(12-27-3)16-9-10-19-22(16)2/h4-10,15H,11-12H2,1-3H3,(H,20,25)/t15-/m1/s1. The molecule has 0 aliphatic heterocycles. The zero-order valence-electron chi connectivity index (χ0n) is 15.5. The molecule has 2 aromatic heterocycles. The topological polar surface area (TPSA) is 96.0 Å². The summed E-state index contributed by atoms with van der Waals surface area (Å²) in [6.07, 6.45) is 1.66. The lowest BCUT2D eigenvalue weighted by molar-refractivity contribution is -0.123. The maximum atomic E-state index is 12.7. The van der Waals surface area contributed by atoms with E-state index in [0.29, 0.717) is 18.1 Å². The summed E-state index contributed by atoms with van der Waals surface area (Å²) in [7, 11) is 3.36. The van der Waals surface area contributed by atoms with Crippen LogP contribution in [0.25, 0.3) is 5.69 Å². The molecule has 1 N–H and O–H groups in total. The van der Waals surface area contributed by atoms with Gasteiger partial charge in [0, 0.05) is 20.4 Å². The molecule has 0 spiro atoms. The number of benzene rings is 1. The summed E-state index contributed by atoms with van der Waals surface area (Å²) in [4.78, 5) is 25.2. The molecule has 0 aliphatic rings. The third-order valence-corrected chi connectivity index (χ3v) is 4.23. The number of para-hydroxylation sites is 1. The molecular weight excluding hydrogens is 348 g/mol. The highest BCUT2D eigenvalue weighted by Crippen LogP contribution is 2.12. The van der Waals surface area contributed by atoms with Gasteiger partial charge in [-0.2, -0.15) is 14.9 Å². The molecule has 0 unspecified atom stereocenters. The SMILES string of the molecule is COC[C@@H](NC(=O)Cn1c(C)nn(-c2ccccc2)c1=O)c1ccnn1C. The molecule has 1 aromatic carbocycles. The minimum Gasteiger partial charge on any atom is -0.382 e. The molecule has 1 amide bonds. The van der Waals surface area contributed by atoms with Crippen LogP contribution in [-0.2, 0) is 23.1 Å². The van der Waals surface area contributed by atoms with E-state index in [1.165, 1.54) is 9.25 Å². The van der Waals surface area contributed by atoms with E-state index >= 15 is 0 Å². The number of aromatic nitrogens is 5. The van der Waals surface area contributed by atoms with Crippen LogP contribution in [0.4, 0.5) is 0 Å². The fourth-order valence-corrected chi connectivity index (χ4v) is 2.89. The molecule has 0 saturated heterocycles. The first-order valence-electron chi connectivity index (χ1n) is 8.49. The normalized spacial score (nSPS) is 12.1. The van der Waals surface area contributed by atoms with Gasteiger partial charge in [0.2, 0.25) is 5.91 Å². The van der Waals surface area contributed by atoms with Crippen LogP contribution < -0.4 is 11.0 Å². The number of nitrogens with one attached hydrogen (secondary N) is 1. The Kier molecular flexibility index (Phi) is 5.51. The predicted molar refractivity (Wildman–Crippen MR) is 98.5 cm³/mol. The zero-order chi connectivity index (χ0) is 19.4. The monoisotopic (exact) mass is 370 g/mol. The molecule has 0 radical (unpaired) electrons. The van der Waals surface area contributed by atoms with Crippen molar-refractivity contribution in [3.8, 4) is 5.69 Å². The Morgan fingerprint density at radius 3 is 2.63 bits per heavy atom. The van der Waals surface area contributed by atoms with Crippen LogP contribution in [0.2, 0.25) is 0 Å². The highest BCUT2D eigenvalue weighted by Gasteiger charge is 2.20. The first kappa shape index (κ1) is 18.6. The number of ether oxygens (including phenoxy) is 1. The number of hydrogen-bond acceptors (Lipinski definition) is 5. The van der Waals surface area contributed by atoms with E-state index in [0.717, 1.165) is 5.69 Å². The molecule has 3 aromatic rings. The predicted octanol–water partition coefficient (Wildman–Crippen LogP) is 0.580. The lowest BCUT2D eigenvalue weighted by atomic mass is 10.2. The Morgan fingerprint density at radius 2 is 2.00 bits per heavy atom. The van der Waals surface area contributed by atoms with E-state index in [1.54, 1.807) is 44.1 Å². The molecule has 1 atom stereocenters. The molecule has 9 heteroatoms. The molecule has 0 bridgehead atoms. The Balaban J connectivity index is 1.79. The number of aryl methyl sites for hydroxylation is 2. The molecule has 3 rings (SSSR count). The van der Waals surface area contributed by atoms with Gasteiger partial charge < -0.3 is 10.1 Å². The van der Waals surface area contributed by atoms with Crippen molar-refractivity contribution in [1.82, 2.24) is 29.4 Å². The summed E-state index contributed by atoms with van der Waals surface area (Å²) in [5, 5.41) is 11.3. The number of carbonyl (C=O) groups excluding carboxylic acids is 1. The van der Waals surface area contributed by atoms with Crippen LogP contribution in [0.1, 0.15) is 17.6 Å². The number of nitrogens with zero attached hydrogens (tertiary/aromatic N) is 5. The average Bonchev–Trinajstić information content (AvgIpc) is 3.20. The summed E-state index contributed by atoms with van der Waals surface area (Å²) in [5.41, 5.74) is 1.10. The third kappa shape index (κ3) is 3.98. The summed E-state index contributed by atoms with van der Waals surface area (Å²) in [6.45, 7) is 1.86. The lowest BCUT2D eigenvalue weighted by Crippen LogP contribution is -2.37. The van der Waals surface area contributed by atoms with Crippen LogP contribution in [0, 0.1) is 6.92 Å². The van der Waals surface area contributed by atoms with Crippen molar-refractivity contribution in [3.63, 3.8) is 0 Å². The first-order valence-corrected chi connectivity index (χ1v) is 8.49. The van der Waals surface area contributed by atoms with Crippen molar-refractivity contribution in [1.29, 1.82) is 0 Å². The Bertz CT molecular complexity index is 973. The molecule has 27 heavy (non-hydrogen) atoms. The molecule has 2 heterocycles. The minimum atomic E-state index is -0.366. The maximum absolute atomic E-state index is 12.7. The maximum Gasteiger partial charge on any atom is 0.351 e. The van der Waals surface area contributed by atoms with Gasteiger partial charge in [-0.25, -0.2) is 4.79 Å². The van der Waals surface area contributed by atoms with Crippen LogP contribution in [-0.4, -0.2) is 43.8 Å². The highest BCUT2D eigenvalue weighted by molar-refractivity contribution is 5.76. The first-order chi connectivity index (χ1) is 13.0. The Labute approximate surface area is 156 Å². The van der Waals surface area contributed by atoms with Gasteiger partial charge in [-0.3, -0.25) is 14.0 Å². The quantitative estimate of drug-likeness (QED) is 0.656. The number of hydrogen-bond donors (Lipinski definition) is 1.